The summed E-state index contributed by atoms with van der Waals surface area (Å²) in [5.74, 6) is 1.82. The molecule has 2 aromatic rings. The number of hydrogen-bond acceptors (Lipinski definition) is 4. The molecule has 4 nitrogen and oxygen atoms in total. The van der Waals surface area contributed by atoms with Gasteiger partial charge in [-0.05, 0) is 84.7 Å². The number of ether oxygens (including phenoxy) is 2. The van der Waals surface area contributed by atoms with Crippen molar-refractivity contribution < 1.29 is 19.1 Å². The predicted molar refractivity (Wildman–Crippen MR) is 128 cm³/mol. The number of esters is 1. The molecular weight excluding hydrogens is 400 g/mol. The largest absolute Gasteiger partial charge is 0.494 e. The van der Waals surface area contributed by atoms with Gasteiger partial charge in [0.1, 0.15) is 11.5 Å². The minimum absolute atomic E-state index is 0.107. The van der Waals surface area contributed by atoms with Crippen molar-refractivity contribution in [3.8, 4) is 11.5 Å². The molecule has 0 unspecified atom stereocenters. The number of ketones is 1. The van der Waals surface area contributed by atoms with Crippen LogP contribution in [0.5, 0.6) is 11.5 Å². The van der Waals surface area contributed by atoms with Crippen LogP contribution in [0.2, 0.25) is 0 Å². The Bertz CT molecular complexity index is 938. The zero-order chi connectivity index (χ0) is 23.1. The van der Waals surface area contributed by atoms with Crippen LogP contribution in [0.15, 0.2) is 54.1 Å². The van der Waals surface area contributed by atoms with Crippen molar-refractivity contribution in [2.45, 2.75) is 53.4 Å². The van der Waals surface area contributed by atoms with Crippen molar-refractivity contribution in [3.05, 3.63) is 65.2 Å². The maximum absolute atomic E-state index is 12.9. The van der Waals surface area contributed by atoms with Crippen LogP contribution in [-0.2, 0) is 4.79 Å². The highest BCUT2D eigenvalue weighted by atomic mass is 16.5. The third-order valence-corrected chi connectivity index (χ3v) is 6.14. The highest BCUT2D eigenvalue weighted by Gasteiger charge is 2.32. The van der Waals surface area contributed by atoms with Crippen molar-refractivity contribution in [2.24, 2.45) is 17.8 Å². The van der Waals surface area contributed by atoms with Crippen LogP contribution in [0.25, 0.3) is 6.08 Å². The Balaban J connectivity index is 1.64. The Labute approximate surface area is 191 Å². The molecule has 2 atom stereocenters. The standard InChI is InChI=1S/C28H34O4/c1-5-6-17-31-23-12-14-24(15-13-23)32-28(30)22-10-8-21(9-11-22)18-26-20(4)7-16-25(19(2)3)27(26)29/h8-15,18-20,25H,5-7,16-17H2,1-4H3/b26-18+/t20-,25-/m1/s1. The molecule has 0 aromatic heterocycles. The average molecular weight is 435 g/mol. The van der Waals surface area contributed by atoms with E-state index in [0.29, 0.717) is 23.8 Å². The van der Waals surface area contributed by atoms with Gasteiger partial charge in [-0.3, -0.25) is 4.79 Å². The smallest absolute Gasteiger partial charge is 0.343 e. The fraction of sp³-hybridized carbons (Fsp3) is 0.429. The van der Waals surface area contributed by atoms with Crippen molar-refractivity contribution in [3.63, 3.8) is 0 Å². The van der Waals surface area contributed by atoms with Gasteiger partial charge in [-0.1, -0.05) is 46.2 Å². The van der Waals surface area contributed by atoms with Crippen molar-refractivity contribution in [1.82, 2.24) is 0 Å². The highest BCUT2D eigenvalue weighted by Crippen LogP contribution is 2.35. The van der Waals surface area contributed by atoms with Gasteiger partial charge in [0, 0.05) is 5.92 Å². The lowest BCUT2D eigenvalue weighted by Crippen LogP contribution is -2.30. The molecule has 0 amide bonds. The lowest BCUT2D eigenvalue weighted by molar-refractivity contribution is -0.122. The molecule has 32 heavy (non-hydrogen) atoms. The lowest BCUT2D eigenvalue weighted by atomic mass is 9.73. The Hall–Kier alpha value is -2.88. The fourth-order valence-electron chi connectivity index (χ4n) is 4.02. The molecule has 1 aliphatic rings. The van der Waals surface area contributed by atoms with E-state index >= 15 is 0 Å². The van der Waals surface area contributed by atoms with E-state index in [1.165, 1.54) is 0 Å². The van der Waals surface area contributed by atoms with Gasteiger partial charge < -0.3 is 9.47 Å². The first-order valence-electron chi connectivity index (χ1n) is 11.7. The zero-order valence-electron chi connectivity index (χ0n) is 19.6. The van der Waals surface area contributed by atoms with Gasteiger partial charge in [-0.15, -0.1) is 0 Å². The van der Waals surface area contributed by atoms with Gasteiger partial charge in [0.15, 0.2) is 5.78 Å². The molecule has 4 heteroatoms. The zero-order valence-corrected chi connectivity index (χ0v) is 19.6. The first kappa shape index (κ1) is 23.8. The lowest BCUT2D eigenvalue weighted by Gasteiger charge is -2.30. The third kappa shape index (κ3) is 6.09. The summed E-state index contributed by atoms with van der Waals surface area (Å²) in [5, 5.41) is 0. The van der Waals surface area contributed by atoms with E-state index in [4.69, 9.17) is 9.47 Å². The van der Waals surface area contributed by atoms with Crippen LogP contribution in [-0.4, -0.2) is 18.4 Å². The van der Waals surface area contributed by atoms with Gasteiger partial charge >= 0.3 is 5.97 Å². The van der Waals surface area contributed by atoms with E-state index in [1.54, 1.807) is 36.4 Å². The second-order valence-corrected chi connectivity index (χ2v) is 8.98. The fourth-order valence-corrected chi connectivity index (χ4v) is 4.02. The Kier molecular flexibility index (Phi) is 8.26. The summed E-state index contributed by atoms with van der Waals surface area (Å²) in [6.07, 6.45) is 6.07. The number of allylic oxidation sites excluding steroid dienone is 1. The normalized spacial score (nSPS) is 19.9. The molecule has 0 aliphatic heterocycles. The van der Waals surface area contributed by atoms with E-state index in [9.17, 15) is 9.59 Å². The van der Waals surface area contributed by atoms with Crippen LogP contribution in [0, 0.1) is 17.8 Å². The summed E-state index contributed by atoms with van der Waals surface area (Å²) in [5.41, 5.74) is 2.29. The summed E-state index contributed by atoms with van der Waals surface area (Å²) >= 11 is 0. The van der Waals surface area contributed by atoms with Crippen LogP contribution in [0.3, 0.4) is 0 Å². The molecule has 0 N–H and O–H groups in total. The number of carbonyl (C=O) groups excluding carboxylic acids is 2. The minimum Gasteiger partial charge on any atom is -0.494 e. The van der Waals surface area contributed by atoms with E-state index < -0.39 is 5.97 Å². The molecule has 0 heterocycles. The molecular formula is C28H34O4. The van der Waals surface area contributed by atoms with Crippen LogP contribution >= 0.6 is 0 Å². The Morgan fingerprint density at radius 3 is 2.31 bits per heavy atom. The van der Waals surface area contributed by atoms with E-state index in [2.05, 4.69) is 27.7 Å². The second kappa shape index (κ2) is 11.1. The third-order valence-electron chi connectivity index (χ3n) is 6.14. The summed E-state index contributed by atoms with van der Waals surface area (Å²) in [7, 11) is 0. The summed E-state index contributed by atoms with van der Waals surface area (Å²) < 4.78 is 11.1. The number of carbonyl (C=O) groups is 2. The number of rotatable bonds is 8. The number of benzene rings is 2. The number of unbranched alkanes of at least 4 members (excludes halogenated alkanes) is 1. The molecule has 2 aromatic carbocycles. The first-order valence-corrected chi connectivity index (χ1v) is 11.7. The molecule has 170 valence electrons. The summed E-state index contributed by atoms with van der Waals surface area (Å²) in [6.45, 7) is 9.15. The van der Waals surface area contributed by atoms with Crippen LogP contribution in [0.1, 0.15) is 69.3 Å². The number of Topliss-reactive ketones (excluding diaryl/α,β-unsaturated/α-hetero) is 1. The molecule has 0 bridgehead atoms. The molecule has 0 radical (unpaired) electrons. The van der Waals surface area contributed by atoms with Gasteiger partial charge in [0.2, 0.25) is 0 Å². The SMILES string of the molecule is CCCCOc1ccc(OC(=O)c2ccc(/C=C3/C(=O)[C@@H](C(C)C)CC[C@H]3C)cc2)cc1. The van der Waals surface area contributed by atoms with Gasteiger partial charge in [-0.2, -0.15) is 0 Å². The quantitative estimate of drug-likeness (QED) is 0.200. The Morgan fingerprint density at radius 2 is 1.69 bits per heavy atom. The number of hydrogen-bond donors (Lipinski definition) is 0. The van der Waals surface area contributed by atoms with Crippen LogP contribution in [0.4, 0.5) is 0 Å². The Morgan fingerprint density at radius 1 is 1.03 bits per heavy atom. The molecule has 1 aliphatic carbocycles. The van der Waals surface area contributed by atoms with Crippen molar-refractivity contribution in [1.29, 1.82) is 0 Å². The summed E-state index contributed by atoms with van der Waals surface area (Å²) in [4.78, 5) is 25.4. The maximum Gasteiger partial charge on any atom is 0.343 e. The monoisotopic (exact) mass is 434 g/mol. The summed E-state index contributed by atoms with van der Waals surface area (Å²) in [6, 6.07) is 14.3. The van der Waals surface area contributed by atoms with Crippen molar-refractivity contribution >= 4 is 17.8 Å². The van der Waals surface area contributed by atoms with Gasteiger partial charge in [-0.25, -0.2) is 4.79 Å². The molecule has 0 spiro atoms. The maximum atomic E-state index is 12.9. The topological polar surface area (TPSA) is 52.6 Å². The van der Waals surface area contributed by atoms with Gasteiger partial charge in [0.05, 0.1) is 12.2 Å². The highest BCUT2D eigenvalue weighted by molar-refractivity contribution is 6.02. The minimum atomic E-state index is -0.411. The molecule has 1 saturated carbocycles. The van der Waals surface area contributed by atoms with Crippen LogP contribution < -0.4 is 9.47 Å². The van der Waals surface area contributed by atoms with E-state index in [0.717, 1.165) is 42.6 Å². The molecule has 0 saturated heterocycles. The average Bonchev–Trinajstić information content (AvgIpc) is 2.78. The molecule has 1 fully saturated rings. The van der Waals surface area contributed by atoms with E-state index in [1.807, 2.05) is 18.2 Å². The van der Waals surface area contributed by atoms with Crippen molar-refractivity contribution in [2.75, 3.05) is 6.61 Å². The first-order chi connectivity index (χ1) is 15.4. The van der Waals surface area contributed by atoms with E-state index in [-0.39, 0.29) is 17.6 Å². The van der Waals surface area contributed by atoms with Gasteiger partial charge in [0.25, 0.3) is 0 Å². The molecule has 3 rings (SSSR count). The predicted octanol–water partition coefficient (Wildman–Crippen LogP) is 6.74. The second-order valence-electron chi connectivity index (χ2n) is 8.98.